The van der Waals surface area contributed by atoms with Gasteiger partial charge in [0.1, 0.15) is 0 Å². The first-order valence-electron chi connectivity index (χ1n) is 5.42. The third-order valence-corrected chi connectivity index (χ3v) is 3.73. The molecule has 0 bridgehead atoms. The summed E-state index contributed by atoms with van der Waals surface area (Å²) in [5, 5.41) is 0. The molecule has 1 heteroatoms. The van der Waals surface area contributed by atoms with Crippen molar-refractivity contribution in [2.45, 2.75) is 40.5 Å². The van der Waals surface area contributed by atoms with E-state index in [9.17, 15) is 0 Å². The lowest BCUT2D eigenvalue weighted by Gasteiger charge is -2.24. The van der Waals surface area contributed by atoms with Crippen molar-refractivity contribution in [1.82, 2.24) is 0 Å². The van der Waals surface area contributed by atoms with Crippen molar-refractivity contribution in [1.29, 1.82) is 0 Å². The van der Waals surface area contributed by atoms with Gasteiger partial charge in [-0.05, 0) is 36.2 Å². The Kier molecular flexibility index (Phi) is 4.37. The number of thioether (sulfide) groups is 1. The minimum atomic E-state index is 0.748. The molecule has 1 fully saturated rings. The van der Waals surface area contributed by atoms with Crippen LogP contribution in [0.25, 0.3) is 0 Å². The lowest BCUT2D eigenvalue weighted by Crippen LogP contribution is -2.10. The number of hydrogen-bond donors (Lipinski definition) is 0. The molecule has 1 rings (SSSR count). The van der Waals surface area contributed by atoms with Crippen LogP contribution in [0.3, 0.4) is 0 Å². The zero-order valence-electron chi connectivity index (χ0n) is 9.39. The fraction of sp³-hybridized carbons (Fsp3) is 0.833. The van der Waals surface area contributed by atoms with Crippen LogP contribution in [0.4, 0.5) is 0 Å². The molecular weight excluding hydrogens is 176 g/mol. The molecule has 1 saturated heterocycles. The molecule has 13 heavy (non-hydrogen) atoms. The van der Waals surface area contributed by atoms with E-state index in [1.165, 1.54) is 24.3 Å². The highest BCUT2D eigenvalue weighted by atomic mass is 32.2. The van der Waals surface area contributed by atoms with Gasteiger partial charge in [-0.25, -0.2) is 0 Å². The SMILES string of the molecule is CC(C)C(=C1CCSCC1)C(C)C. The maximum absolute atomic E-state index is 2.34. The summed E-state index contributed by atoms with van der Waals surface area (Å²) in [7, 11) is 0. The quantitative estimate of drug-likeness (QED) is 0.601. The Hall–Kier alpha value is 0.0900. The minimum absolute atomic E-state index is 0.748. The largest absolute Gasteiger partial charge is 0.161 e. The second-order valence-electron chi connectivity index (χ2n) is 4.48. The van der Waals surface area contributed by atoms with Crippen LogP contribution >= 0.6 is 11.8 Å². The Morgan fingerprint density at radius 3 is 1.85 bits per heavy atom. The molecule has 1 heterocycles. The number of allylic oxidation sites excluding steroid dienone is 2. The second kappa shape index (κ2) is 5.09. The zero-order valence-corrected chi connectivity index (χ0v) is 10.2. The van der Waals surface area contributed by atoms with Crippen LogP contribution in [0.15, 0.2) is 11.1 Å². The maximum Gasteiger partial charge on any atom is -0.00300 e. The molecular formula is C12H22S. The van der Waals surface area contributed by atoms with Crippen molar-refractivity contribution >= 4 is 11.8 Å². The lowest BCUT2D eigenvalue weighted by atomic mass is 9.86. The van der Waals surface area contributed by atoms with Gasteiger partial charge in [0.25, 0.3) is 0 Å². The van der Waals surface area contributed by atoms with Gasteiger partial charge >= 0.3 is 0 Å². The molecule has 0 atom stereocenters. The van der Waals surface area contributed by atoms with E-state index in [1.54, 1.807) is 11.1 Å². The third-order valence-electron chi connectivity index (χ3n) is 2.75. The van der Waals surface area contributed by atoms with Gasteiger partial charge in [-0.2, -0.15) is 11.8 Å². The highest BCUT2D eigenvalue weighted by Gasteiger charge is 2.16. The molecule has 0 aromatic rings. The summed E-state index contributed by atoms with van der Waals surface area (Å²) in [6, 6.07) is 0. The van der Waals surface area contributed by atoms with Gasteiger partial charge in [0, 0.05) is 0 Å². The van der Waals surface area contributed by atoms with Crippen LogP contribution in [0.1, 0.15) is 40.5 Å². The molecule has 0 N–H and O–H groups in total. The Balaban J connectivity index is 2.80. The first kappa shape index (κ1) is 11.2. The molecule has 0 saturated carbocycles. The van der Waals surface area contributed by atoms with E-state index in [4.69, 9.17) is 0 Å². The molecule has 0 aromatic carbocycles. The Labute approximate surface area is 87.2 Å². The van der Waals surface area contributed by atoms with Crippen LogP contribution in [0.2, 0.25) is 0 Å². The lowest BCUT2D eigenvalue weighted by molar-refractivity contribution is 0.603. The molecule has 0 unspecified atom stereocenters. The Morgan fingerprint density at radius 1 is 1.00 bits per heavy atom. The fourth-order valence-corrected chi connectivity index (χ4v) is 3.38. The van der Waals surface area contributed by atoms with Crippen molar-refractivity contribution in [2.75, 3.05) is 11.5 Å². The molecule has 0 amide bonds. The summed E-state index contributed by atoms with van der Waals surface area (Å²) < 4.78 is 0. The van der Waals surface area contributed by atoms with Gasteiger partial charge in [-0.1, -0.05) is 38.8 Å². The van der Waals surface area contributed by atoms with Crippen molar-refractivity contribution in [3.63, 3.8) is 0 Å². The van der Waals surface area contributed by atoms with E-state index in [1.807, 2.05) is 0 Å². The predicted octanol–water partition coefficient (Wildman–Crippen LogP) is 4.12. The van der Waals surface area contributed by atoms with Crippen LogP contribution < -0.4 is 0 Å². The first-order chi connectivity index (χ1) is 6.13. The van der Waals surface area contributed by atoms with E-state index >= 15 is 0 Å². The van der Waals surface area contributed by atoms with Gasteiger partial charge in [0.05, 0.1) is 0 Å². The topological polar surface area (TPSA) is 0 Å². The van der Waals surface area contributed by atoms with E-state index in [0.29, 0.717) is 0 Å². The van der Waals surface area contributed by atoms with Crippen molar-refractivity contribution in [3.8, 4) is 0 Å². The normalized spacial score (nSPS) is 18.5. The van der Waals surface area contributed by atoms with Gasteiger partial charge < -0.3 is 0 Å². The standard InChI is InChI=1S/C12H22S/c1-9(2)12(10(3)4)11-5-7-13-8-6-11/h9-10H,5-8H2,1-4H3. The first-order valence-corrected chi connectivity index (χ1v) is 6.58. The van der Waals surface area contributed by atoms with Gasteiger partial charge in [-0.15, -0.1) is 0 Å². The third kappa shape index (κ3) is 3.05. The Bertz CT molecular complexity index is 171. The highest BCUT2D eigenvalue weighted by Crippen LogP contribution is 2.31. The Morgan fingerprint density at radius 2 is 1.46 bits per heavy atom. The minimum Gasteiger partial charge on any atom is -0.161 e. The summed E-state index contributed by atoms with van der Waals surface area (Å²) in [6.45, 7) is 9.35. The molecule has 0 spiro atoms. The molecule has 0 nitrogen and oxygen atoms in total. The summed E-state index contributed by atoms with van der Waals surface area (Å²) >= 11 is 2.11. The van der Waals surface area contributed by atoms with Crippen molar-refractivity contribution < 1.29 is 0 Å². The summed E-state index contributed by atoms with van der Waals surface area (Å²) in [4.78, 5) is 0. The number of hydrogen-bond acceptors (Lipinski definition) is 1. The van der Waals surface area contributed by atoms with Crippen molar-refractivity contribution in [2.24, 2.45) is 11.8 Å². The fourth-order valence-electron chi connectivity index (χ4n) is 2.39. The molecule has 0 radical (unpaired) electrons. The van der Waals surface area contributed by atoms with E-state index < -0.39 is 0 Å². The van der Waals surface area contributed by atoms with E-state index in [2.05, 4.69) is 39.5 Å². The summed E-state index contributed by atoms with van der Waals surface area (Å²) in [6.07, 6.45) is 2.69. The van der Waals surface area contributed by atoms with E-state index in [0.717, 1.165) is 11.8 Å². The van der Waals surface area contributed by atoms with E-state index in [-0.39, 0.29) is 0 Å². The molecule has 0 aliphatic carbocycles. The van der Waals surface area contributed by atoms with Gasteiger partial charge in [0.15, 0.2) is 0 Å². The van der Waals surface area contributed by atoms with Crippen LogP contribution in [-0.2, 0) is 0 Å². The highest BCUT2D eigenvalue weighted by molar-refractivity contribution is 7.99. The summed E-state index contributed by atoms with van der Waals surface area (Å²) in [5.74, 6) is 4.19. The predicted molar refractivity (Wildman–Crippen MR) is 63.3 cm³/mol. The average Bonchev–Trinajstić information content (AvgIpc) is 2.04. The van der Waals surface area contributed by atoms with Crippen LogP contribution in [0.5, 0.6) is 0 Å². The number of rotatable bonds is 2. The monoisotopic (exact) mass is 198 g/mol. The summed E-state index contributed by atoms with van der Waals surface area (Å²) in [5.41, 5.74) is 3.50. The van der Waals surface area contributed by atoms with Gasteiger partial charge in [0.2, 0.25) is 0 Å². The average molecular weight is 198 g/mol. The molecule has 1 aliphatic rings. The molecule has 0 aromatic heterocycles. The smallest absolute Gasteiger partial charge is 0.00300 e. The van der Waals surface area contributed by atoms with Crippen molar-refractivity contribution in [3.05, 3.63) is 11.1 Å². The maximum atomic E-state index is 2.34. The molecule has 76 valence electrons. The molecule has 1 aliphatic heterocycles. The van der Waals surface area contributed by atoms with Gasteiger partial charge in [-0.3, -0.25) is 0 Å². The zero-order chi connectivity index (χ0) is 9.84. The van der Waals surface area contributed by atoms with Crippen LogP contribution in [-0.4, -0.2) is 11.5 Å². The van der Waals surface area contributed by atoms with Crippen LogP contribution in [0, 0.1) is 11.8 Å². The second-order valence-corrected chi connectivity index (χ2v) is 5.71.